The summed E-state index contributed by atoms with van der Waals surface area (Å²) in [7, 11) is 0. The summed E-state index contributed by atoms with van der Waals surface area (Å²) in [6, 6.07) is 4.95. The first kappa shape index (κ1) is 13.0. The molecule has 0 saturated heterocycles. The van der Waals surface area contributed by atoms with E-state index in [0.29, 0.717) is 0 Å². The molecular weight excluding hydrogens is 298 g/mol. The van der Waals surface area contributed by atoms with E-state index in [1.165, 1.54) is 24.3 Å². The molecule has 0 aliphatic heterocycles. The van der Waals surface area contributed by atoms with Crippen LogP contribution in [0.2, 0.25) is 0 Å². The predicted molar refractivity (Wildman–Crippen MR) is 44.9 cm³/mol. The molecule has 0 unspecified atom stereocenters. The molecule has 0 aliphatic rings. The van der Waals surface area contributed by atoms with Gasteiger partial charge in [-0.3, -0.25) is 0 Å². The molecule has 4 nitrogen and oxygen atoms in total. The SMILES string of the molecule is O=C([O-])c1ccc(I(=O)=O)cc1.[Na+]. The maximum atomic E-state index is 10.4. The quantitative estimate of drug-likeness (QED) is 0.444. The molecule has 1 aromatic carbocycles. The van der Waals surface area contributed by atoms with Crippen LogP contribution in [0.1, 0.15) is 10.4 Å². The molecule has 0 bridgehead atoms. The molecular formula is C7H4INaO4. The van der Waals surface area contributed by atoms with Crippen molar-refractivity contribution in [1.82, 2.24) is 0 Å². The monoisotopic (exact) mass is 302 g/mol. The maximum absolute atomic E-state index is 10.4. The second-order valence-electron chi connectivity index (χ2n) is 2.01. The summed E-state index contributed by atoms with van der Waals surface area (Å²) in [6.45, 7) is 0. The Bertz CT molecular complexity index is 361. The molecule has 0 heterocycles. The van der Waals surface area contributed by atoms with Crippen molar-refractivity contribution < 1.29 is 45.6 Å². The summed E-state index contributed by atoms with van der Waals surface area (Å²) < 4.78 is 21.1. The zero-order valence-electron chi connectivity index (χ0n) is 6.82. The average Bonchev–Trinajstić information content (AvgIpc) is 2.04. The van der Waals surface area contributed by atoms with Gasteiger partial charge in [0.05, 0.1) is 9.54 Å². The van der Waals surface area contributed by atoms with Gasteiger partial charge in [0.25, 0.3) is 0 Å². The number of hydrogen-bond donors (Lipinski definition) is 0. The van der Waals surface area contributed by atoms with Gasteiger partial charge in [0.15, 0.2) is 0 Å². The molecule has 0 spiro atoms. The number of rotatable bonds is 2. The Morgan fingerprint density at radius 3 is 1.92 bits per heavy atom. The first-order valence-electron chi connectivity index (χ1n) is 2.98. The van der Waals surface area contributed by atoms with Gasteiger partial charge in [0, 0.05) is 0 Å². The third-order valence-electron chi connectivity index (χ3n) is 1.26. The molecule has 0 saturated carbocycles. The largest absolute Gasteiger partial charge is 1.00 e. The normalized spacial score (nSPS) is 9.31. The van der Waals surface area contributed by atoms with Gasteiger partial charge in [0.2, 0.25) is 0 Å². The Hall–Kier alpha value is 0.0200. The zero-order valence-corrected chi connectivity index (χ0v) is 11.0. The first-order chi connectivity index (χ1) is 5.61. The molecule has 0 radical (unpaired) electrons. The average molecular weight is 302 g/mol. The van der Waals surface area contributed by atoms with Crippen LogP contribution in [-0.4, -0.2) is 5.97 Å². The Labute approximate surface area is 104 Å². The second kappa shape index (κ2) is 5.69. The van der Waals surface area contributed by atoms with Crippen LogP contribution >= 0.6 is 19.8 Å². The molecule has 0 amide bonds. The number of carbonyl (C=O) groups excluding carboxylic acids is 1. The van der Waals surface area contributed by atoms with Crippen molar-refractivity contribution in [2.45, 2.75) is 0 Å². The molecule has 0 aromatic heterocycles. The van der Waals surface area contributed by atoms with Crippen LogP contribution in [0.25, 0.3) is 0 Å². The second-order valence-corrected chi connectivity index (χ2v) is 4.50. The predicted octanol–water partition coefficient (Wildman–Crippen LogP) is -2.58. The fourth-order valence-corrected chi connectivity index (χ4v) is 1.64. The van der Waals surface area contributed by atoms with Gasteiger partial charge in [-0.15, -0.1) is 0 Å². The standard InChI is InChI=1S/C7H5IO4.Na/c9-7(10)5-1-3-6(4-2-5)8(11)12;/h1-4H,(H,9,10);/q;+1/p-1. The first-order valence-corrected chi connectivity index (χ1v) is 5.82. The van der Waals surface area contributed by atoms with Crippen LogP contribution in [0, 0.1) is 3.57 Å². The van der Waals surface area contributed by atoms with E-state index < -0.39 is 25.8 Å². The number of hydrogen-bond acceptors (Lipinski definition) is 4. The fraction of sp³-hybridized carbons (Fsp3) is 0. The van der Waals surface area contributed by atoms with Crippen LogP contribution in [0.5, 0.6) is 0 Å². The Balaban J connectivity index is 0.00000144. The van der Waals surface area contributed by atoms with Crippen LogP contribution in [0.15, 0.2) is 24.3 Å². The van der Waals surface area contributed by atoms with Crippen LogP contribution in [-0.2, 0) is 6.14 Å². The number of carboxylic acids is 1. The smallest absolute Gasteiger partial charge is 0.545 e. The molecule has 0 fully saturated rings. The van der Waals surface area contributed by atoms with E-state index in [2.05, 4.69) is 0 Å². The number of benzene rings is 1. The van der Waals surface area contributed by atoms with Crippen molar-refractivity contribution in [2.24, 2.45) is 0 Å². The summed E-state index contributed by atoms with van der Waals surface area (Å²) in [5.41, 5.74) is -0.0172. The van der Waals surface area contributed by atoms with Crippen molar-refractivity contribution >= 4 is 25.8 Å². The molecule has 13 heavy (non-hydrogen) atoms. The summed E-state index contributed by atoms with van der Waals surface area (Å²) in [5.74, 6) is -1.31. The molecule has 0 N–H and O–H groups in total. The van der Waals surface area contributed by atoms with E-state index in [1.807, 2.05) is 0 Å². The summed E-state index contributed by atoms with van der Waals surface area (Å²) in [5, 5.41) is 10.2. The summed E-state index contributed by atoms with van der Waals surface area (Å²) in [4.78, 5) is 10.2. The summed E-state index contributed by atoms with van der Waals surface area (Å²) in [6.07, 6.45) is 0. The number of halogens is 1. The van der Waals surface area contributed by atoms with Crippen molar-refractivity contribution in [3.63, 3.8) is 0 Å². The van der Waals surface area contributed by atoms with Gasteiger partial charge in [0.1, 0.15) is 0 Å². The number of aromatic carboxylic acids is 1. The van der Waals surface area contributed by atoms with Gasteiger partial charge in [-0.05, 0) is 17.7 Å². The van der Waals surface area contributed by atoms with Crippen LogP contribution < -0.4 is 34.7 Å². The van der Waals surface area contributed by atoms with Crippen molar-refractivity contribution in [3.8, 4) is 0 Å². The van der Waals surface area contributed by atoms with E-state index in [9.17, 15) is 16.0 Å². The maximum Gasteiger partial charge on any atom is 1.00 e. The zero-order chi connectivity index (χ0) is 9.14. The van der Waals surface area contributed by atoms with Gasteiger partial charge < -0.3 is 9.90 Å². The summed E-state index contributed by atoms with van der Waals surface area (Å²) >= 11 is -3.45. The van der Waals surface area contributed by atoms with E-state index in [1.54, 1.807) is 0 Å². The molecule has 0 aliphatic carbocycles. The van der Waals surface area contributed by atoms with Crippen molar-refractivity contribution in [3.05, 3.63) is 33.4 Å². The number of carboxylic acid groups (broad SMARTS) is 1. The Kier molecular flexibility index (Phi) is 5.70. The Morgan fingerprint density at radius 2 is 1.62 bits per heavy atom. The van der Waals surface area contributed by atoms with Crippen molar-refractivity contribution in [2.75, 3.05) is 0 Å². The molecule has 0 atom stereocenters. The van der Waals surface area contributed by atoms with Gasteiger partial charge >= 0.3 is 49.4 Å². The van der Waals surface area contributed by atoms with E-state index in [-0.39, 0.29) is 38.7 Å². The minimum absolute atomic E-state index is 0. The van der Waals surface area contributed by atoms with Gasteiger partial charge in [-0.1, -0.05) is 12.1 Å². The third kappa shape index (κ3) is 3.72. The molecule has 1 aromatic rings. The topological polar surface area (TPSA) is 74.3 Å². The van der Waals surface area contributed by atoms with E-state index in [0.717, 1.165) is 0 Å². The molecule has 64 valence electrons. The fourth-order valence-electron chi connectivity index (χ4n) is 0.689. The Morgan fingerprint density at radius 1 is 1.15 bits per heavy atom. The minimum atomic E-state index is -3.45. The van der Waals surface area contributed by atoms with Crippen LogP contribution in [0.4, 0.5) is 0 Å². The van der Waals surface area contributed by atoms with Crippen LogP contribution in [0.3, 0.4) is 0 Å². The minimum Gasteiger partial charge on any atom is -0.545 e. The van der Waals surface area contributed by atoms with E-state index in [4.69, 9.17) is 0 Å². The number of carbonyl (C=O) groups is 1. The van der Waals surface area contributed by atoms with Crippen molar-refractivity contribution in [1.29, 1.82) is 0 Å². The molecule has 1 rings (SSSR count). The van der Waals surface area contributed by atoms with Gasteiger partial charge in [-0.25, -0.2) is 6.14 Å². The van der Waals surface area contributed by atoms with Gasteiger partial charge in [-0.2, -0.15) is 0 Å². The van der Waals surface area contributed by atoms with E-state index >= 15 is 0 Å². The molecule has 6 heteroatoms. The third-order valence-corrected chi connectivity index (χ3v) is 2.99.